The maximum Gasteiger partial charge on any atom is 0.271 e. The number of carbonyl (C=O) groups excluding carboxylic acids is 2. The molecule has 0 radical (unpaired) electrons. The number of ether oxygens (including phenoxy) is 2. The molecular weight excluding hydrogens is 392 g/mol. The Balaban J connectivity index is 2.47. The summed E-state index contributed by atoms with van der Waals surface area (Å²) in [4.78, 5) is 27.0. The molecule has 2 rings (SSSR count). The van der Waals surface area contributed by atoms with Crippen LogP contribution in [0.25, 0.3) is 6.08 Å². The normalized spacial score (nSPS) is 16.7. The van der Waals surface area contributed by atoms with E-state index >= 15 is 0 Å². The van der Waals surface area contributed by atoms with Crippen molar-refractivity contribution in [3.63, 3.8) is 0 Å². The molecule has 0 aliphatic carbocycles. The van der Waals surface area contributed by atoms with E-state index in [1.165, 1.54) is 4.90 Å². The zero-order valence-electron chi connectivity index (χ0n) is 19.3. The van der Waals surface area contributed by atoms with Crippen molar-refractivity contribution in [3.05, 3.63) is 40.5 Å². The van der Waals surface area contributed by atoms with Gasteiger partial charge in [-0.15, -0.1) is 0 Å². The van der Waals surface area contributed by atoms with E-state index in [9.17, 15) is 14.9 Å². The van der Waals surface area contributed by atoms with Crippen molar-refractivity contribution in [2.75, 3.05) is 13.2 Å². The van der Waals surface area contributed by atoms with E-state index in [0.29, 0.717) is 48.2 Å². The number of nitrogens with zero attached hydrogens (tertiary/aromatic N) is 2. The monoisotopic (exact) mass is 424 g/mol. The minimum Gasteiger partial charge on any atom is -0.490 e. The maximum absolute atomic E-state index is 13.1. The molecule has 6 nitrogen and oxygen atoms in total. The molecule has 1 heterocycles. The summed E-state index contributed by atoms with van der Waals surface area (Å²) < 4.78 is 11.6. The van der Waals surface area contributed by atoms with Gasteiger partial charge >= 0.3 is 0 Å². The Kier molecular flexibility index (Phi) is 8.44. The minimum atomic E-state index is -0.527. The van der Waals surface area contributed by atoms with E-state index in [0.717, 1.165) is 12.0 Å². The lowest BCUT2D eigenvalue weighted by molar-refractivity contribution is -0.142. The van der Waals surface area contributed by atoms with Crippen LogP contribution in [-0.2, 0) is 9.59 Å². The lowest BCUT2D eigenvalue weighted by atomic mass is 9.92. The van der Waals surface area contributed by atoms with E-state index in [1.807, 2.05) is 38.1 Å². The number of rotatable bonds is 9. The average molecular weight is 425 g/mol. The molecule has 1 unspecified atom stereocenters. The topological polar surface area (TPSA) is 79.6 Å². The second-order valence-electron chi connectivity index (χ2n) is 8.08. The highest BCUT2D eigenvalue weighted by Crippen LogP contribution is 2.33. The van der Waals surface area contributed by atoms with E-state index in [4.69, 9.17) is 9.47 Å². The predicted octanol–water partition coefficient (Wildman–Crippen LogP) is 4.90. The Hall–Kier alpha value is -3.07. The molecule has 0 bridgehead atoms. The summed E-state index contributed by atoms with van der Waals surface area (Å²) in [5.41, 5.74) is 1.47. The van der Waals surface area contributed by atoms with Gasteiger partial charge in [-0.05, 0) is 68.9 Å². The Bertz CT molecular complexity index is 937. The lowest BCUT2D eigenvalue weighted by Crippen LogP contribution is -2.47. The summed E-state index contributed by atoms with van der Waals surface area (Å²) >= 11 is 0. The van der Waals surface area contributed by atoms with Crippen molar-refractivity contribution in [2.24, 2.45) is 5.92 Å². The van der Waals surface area contributed by atoms with Gasteiger partial charge in [0.05, 0.1) is 13.2 Å². The first-order chi connectivity index (χ1) is 14.7. The number of hydrogen-bond acceptors (Lipinski definition) is 5. The first-order valence-electron chi connectivity index (χ1n) is 10.9. The molecular formula is C25H32N2O4. The number of nitriles is 1. The summed E-state index contributed by atoms with van der Waals surface area (Å²) in [5, 5.41) is 9.52. The number of benzene rings is 1. The third-order valence-corrected chi connectivity index (χ3v) is 5.34. The zero-order chi connectivity index (χ0) is 23.1. The van der Waals surface area contributed by atoms with Crippen molar-refractivity contribution < 1.29 is 19.1 Å². The fourth-order valence-electron chi connectivity index (χ4n) is 3.26. The van der Waals surface area contributed by atoms with E-state index < -0.39 is 5.91 Å². The Morgan fingerprint density at radius 3 is 2.39 bits per heavy atom. The van der Waals surface area contributed by atoms with Crippen molar-refractivity contribution >= 4 is 17.9 Å². The van der Waals surface area contributed by atoms with Gasteiger partial charge in [0.2, 0.25) is 0 Å². The van der Waals surface area contributed by atoms with Gasteiger partial charge in [-0.3, -0.25) is 14.5 Å². The zero-order valence-corrected chi connectivity index (χ0v) is 19.3. The molecule has 0 saturated carbocycles. The fraction of sp³-hybridized carbons (Fsp3) is 0.480. The van der Waals surface area contributed by atoms with Crippen LogP contribution in [0.1, 0.15) is 59.9 Å². The molecule has 0 aromatic heterocycles. The second kappa shape index (κ2) is 10.8. The molecule has 1 atom stereocenters. The van der Waals surface area contributed by atoms with E-state index in [2.05, 4.69) is 13.8 Å². The smallest absolute Gasteiger partial charge is 0.271 e. The summed E-state index contributed by atoms with van der Waals surface area (Å²) in [5.74, 6) is 0.880. The highest BCUT2D eigenvalue weighted by molar-refractivity contribution is 6.19. The molecule has 2 amide bonds. The van der Waals surface area contributed by atoms with Crippen LogP contribution < -0.4 is 9.47 Å². The van der Waals surface area contributed by atoms with E-state index in [-0.39, 0.29) is 17.5 Å². The molecule has 0 spiro atoms. The molecule has 1 aromatic rings. The van der Waals surface area contributed by atoms with Gasteiger partial charge in [-0.1, -0.05) is 26.8 Å². The molecule has 0 N–H and O–H groups in total. The first kappa shape index (κ1) is 24.2. The van der Waals surface area contributed by atoms with Gasteiger partial charge in [0.15, 0.2) is 11.5 Å². The van der Waals surface area contributed by atoms with Crippen LogP contribution >= 0.6 is 0 Å². The molecule has 31 heavy (non-hydrogen) atoms. The predicted molar refractivity (Wildman–Crippen MR) is 120 cm³/mol. The standard InChI is InChI=1S/C25H32N2O4/c1-7-17(5)27-24(28)20(18(6)21(15-26)25(27)29)13-19-9-10-22(23(14-19)30-8-2)31-12-11-16(3)4/h9-10,13-14,16-17H,7-8,11-12H2,1-6H3/b20-13+. The number of imide groups is 1. The summed E-state index contributed by atoms with van der Waals surface area (Å²) in [6.07, 6.45) is 3.25. The minimum absolute atomic E-state index is 0.00446. The lowest BCUT2D eigenvalue weighted by Gasteiger charge is -2.31. The van der Waals surface area contributed by atoms with Gasteiger partial charge in [-0.2, -0.15) is 5.26 Å². The third kappa shape index (κ3) is 5.55. The second-order valence-corrected chi connectivity index (χ2v) is 8.08. The van der Waals surface area contributed by atoms with Gasteiger partial charge in [0.25, 0.3) is 11.8 Å². The molecule has 0 saturated heterocycles. The molecule has 6 heteroatoms. The molecule has 0 fully saturated rings. The van der Waals surface area contributed by atoms with Crippen molar-refractivity contribution in [2.45, 2.75) is 60.4 Å². The molecule has 1 aromatic carbocycles. The Morgan fingerprint density at radius 2 is 1.81 bits per heavy atom. The molecule has 1 aliphatic rings. The number of carbonyl (C=O) groups is 2. The Labute approximate surface area is 185 Å². The highest BCUT2D eigenvalue weighted by Gasteiger charge is 2.37. The van der Waals surface area contributed by atoms with Crippen LogP contribution in [0.3, 0.4) is 0 Å². The maximum atomic E-state index is 13.1. The van der Waals surface area contributed by atoms with Gasteiger partial charge < -0.3 is 9.47 Å². The van der Waals surface area contributed by atoms with Crippen molar-refractivity contribution in [1.29, 1.82) is 5.26 Å². The van der Waals surface area contributed by atoms with Crippen LogP contribution in [0.2, 0.25) is 0 Å². The summed E-state index contributed by atoms with van der Waals surface area (Å²) in [7, 11) is 0. The van der Waals surface area contributed by atoms with Crippen molar-refractivity contribution in [3.8, 4) is 17.6 Å². The van der Waals surface area contributed by atoms with Gasteiger partial charge in [-0.25, -0.2) is 0 Å². The number of hydrogen-bond donors (Lipinski definition) is 0. The quantitative estimate of drug-likeness (QED) is 0.416. The molecule has 1 aliphatic heterocycles. The third-order valence-electron chi connectivity index (χ3n) is 5.34. The van der Waals surface area contributed by atoms with Crippen LogP contribution in [-0.4, -0.2) is 36.0 Å². The Morgan fingerprint density at radius 1 is 1.10 bits per heavy atom. The summed E-state index contributed by atoms with van der Waals surface area (Å²) in [6, 6.07) is 7.16. The SMILES string of the molecule is CCOc1cc(/C=C2/C(=O)N(C(C)CC)C(=O)C(C#N)=C2C)ccc1OCCC(C)C. The average Bonchev–Trinajstić information content (AvgIpc) is 2.72. The number of amides is 2. The van der Waals surface area contributed by atoms with E-state index in [1.54, 1.807) is 19.9 Å². The van der Waals surface area contributed by atoms with Crippen LogP contribution in [0.4, 0.5) is 0 Å². The van der Waals surface area contributed by atoms with Crippen LogP contribution in [0.5, 0.6) is 11.5 Å². The fourth-order valence-corrected chi connectivity index (χ4v) is 3.26. The largest absolute Gasteiger partial charge is 0.490 e. The highest BCUT2D eigenvalue weighted by atomic mass is 16.5. The van der Waals surface area contributed by atoms with Crippen LogP contribution in [0, 0.1) is 17.2 Å². The van der Waals surface area contributed by atoms with Crippen LogP contribution in [0.15, 0.2) is 34.9 Å². The van der Waals surface area contributed by atoms with Gasteiger partial charge in [0, 0.05) is 11.6 Å². The summed E-state index contributed by atoms with van der Waals surface area (Å²) in [6.45, 7) is 12.6. The molecule has 166 valence electrons. The van der Waals surface area contributed by atoms with Gasteiger partial charge in [0.1, 0.15) is 11.6 Å². The first-order valence-corrected chi connectivity index (χ1v) is 10.9. The van der Waals surface area contributed by atoms with Crippen molar-refractivity contribution in [1.82, 2.24) is 4.90 Å².